The molecule has 0 spiro atoms. The lowest BCUT2D eigenvalue weighted by molar-refractivity contribution is 0.374. The van der Waals surface area contributed by atoms with E-state index >= 15 is 0 Å². The van der Waals surface area contributed by atoms with Crippen molar-refractivity contribution in [1.29, 1.82) is 0 Å². The first kappa shape index (κ1) is 11.1. The van der Waals surface area contributed by atoms with E-state index in [0.717, 1.165) is 19.8 Å². The molecule has 0 unspecified atom stereocenters. The highest BCUT2D eigenvalue weighted by molar-refractivity contribution is 6.08. The molecule has 0 saturated carbocycles. The molecule has 0 radical (unpaired) electrons. The van der Waals surface area contributed by atoms with E-state index in [1.807, 2.05) is 0 Å². The Morgan fingerprint density at radius 1 is 1.27 bits per heavy atom. The fourth-order valence-corrected chi connectivity index (χ4v) is 0.989. The summed E-state index contributed by atoms with van der Waals surface area (Å²) in [6.45, 7) is 9.89. The molecule has 0 fully saturated rings. The van der Waals surface area contributed by atoms with Crippen LogP contribution in [0.3, 0.4) is 0 Å². The van der Waals surface area contributed by atoms with Crippen LogP contribution in [0.4, 0.5) is 0 Å². The van der Waals surface area contributed by atoms with Crippen LogP contribution in [0.15, 0.2) is 0 Å². The zero-order valence-electron chi connectivity index (χ0n) is 8.33. The van der Waals surface area contributed by atoms with Crippen LogP contribution in [0.5, 0.6) is 0 Å². The van der Waals surface area contributed by atoms with Crippen molar-refractivity contribution < 1.29 is 0 Å². The van der Waals surface area contributed by atoms with E-state index in [9.17, 15) is 0 Å². The number of hydrogen-bond acceptors (Lipinski definition) is 2. The first-order chi connectivity index (χ1) is 5.12. The molecule has 0 saturated heterocycles. The van der Waals surface area contributed by atoms with Gasteiger partial charge in [0.25, 0.3) is 0 Å². The molecule has 0 atom stereocenters. The quantitative estimate of drug-likeness (QED) is 0.335. The van der Waals surface area contributed by atoms with Gasteiger partial charge in [0.15, 0.2) is 0 Å². The van der Waals surface area contributed by atoms with Gasteiger partial charge in [-0.25, -0.2) is 0 Å². The molecule has 0 amide bonds. The summed E-state index contributed by atoms with van der Waals surface area (Å²) >= 11 is 0. The average molecular weight is 174 g/mol. The van der Waals surface area contributed by atoms with Crippen LogP contribution < -0.4 is 10.6 Å². The Kier molecular flexibility index (Phi) is 5.82. The summed E-state index contributed by atoms with van der Waals surface area (Å²) in [5, 5.41) is 6.63. The van der Waals surface area contributed by atoms with Crippen LogP contribution in [0.2, 0.25) is 6.04 Å². The highest BCUT2D eigenvalue weighted by atomic mass is 28.1. The zero-order valence-corrected chi connectivity index (χ0v) is 10.3. The maximum absolute atomic E-state index is 3.39. The van der Waals surface area contributed by atoms with Crippen LogP contribution >= 0.6 is 0 Å². The zero-order chi connectivity index (χ0) is 8.74. The molecule has 0 aromatic rings. The molecule has 3 heteroatoms. The molecule has 11 heavy (non-hydrogen) atoms. The van der Waals surface area contributed by atoms with Gasteiger partial charge < -0.3 is 10.6 Å². The monoisotopic (exact) mass is 174 g/mol. The fourth-order valence-electron chi connectivity index (χ4n) is 0.739. The third-order valence-electron chi connectivity index (χ3n) is 2.06. The molecule has 0 heterocycles. The summed E-state index contributed by atoms with van der Waals surface area (Å²) in [6.07, 6.45) is 0. The largest absolute Gasteiger partial charge is 0.305 e. The third-order valence-corrected chi connectivity index (χ3v) is 3.97. The lowest BCUT2D eigenvalue weighted by Crippen LogP contribution is -2.35. The van der Waals surface area contributed by atoms with Crippen molar-refractivity contribution in [3.8, 4) is 0 Å². The molecule has 68 valence electrons. The highest BCUT2D eigenvalue weighted by Gasteiger charge is 2.12. The minimum absolute atomic E-state index is 0.502. The standard InChI is InChI=1S/C8H22N2Si/c1-4-9-7-10-5-8(2,3)6-11/h9-10H,4-7H2,1-3,11H3. The Morgan fingerprint density at radius 3 is 2.36 bits per heavy atom. The second-order valence-electron chi connectivity index (χ2n) is 3.72. The fraction of sp³-hybridized carbons (Fsp3) is 1.00. The smallest absolute Gasteiger partial charge is 0.0454 e. The molecule has 0 aromatic carbocycles. The maximum atomic E-state index is 3.39. The van der Waals surface area contributed by atoms with Crippen molar-refractivity contribution in [2.24, 2.45) is 5.41 Å². The van der Waals surface area contributed by atoms with Crippen LogP contribution in [0.25, 0.3) is 0 Å². The first-order valence-corrected chi connectivity index (χ1v) is 5.95. The second kappa shape index (κ2) is 5.74. The number of rotatable bonds is 6. The lowest BCUT2D eigenvalue weighted by atomic mass is 9.97. The van der Waals surface area contributed by atoms with E-state index in [1.54, 1.807) is 0 Å². The van der Waals surface area contributed by atoms with Gasteiger partial charge in [-0.15, -0.1) is 0 Å². The van der Waals surface area contributed by atoms with E-state index in [-0.39, 0.29) is 0 Å². The molecule has 0 aromatic heterocycles. The van der Waals surface area contributed by atoms with Gasteiger partial charge in [0.1, 0.15) is 0 Å². The summed E-state index contributed by atoms with van der Waals surface area (Å²) in [4.78, 5) is 0. The van der Waals surface area contributed by atoms with Gasteiger partial charge in [-0.3, -0.25) is 0 Å². The molecule has 2 N–H and O–H groups in total. The third kappa shape index (κ3) is 6.53. The summed E-state index contributed by atoms with van der Waals surface area (Å²) in [7, 11) is 1.31. The van der Waals surface area contributed by atoms with E-state index in [0.29, 0.717) is 5.41 Å². The van der Waals surface area contributed by atoms with Crippen molar-refractivity contribution in [1.82, 2.24) is 10.6 Å². The van der Waals surface area contributed by atoms with Crippen LogP contribution in [0.1, 0.15) is 20.8 Å². The van der Waals surface area contributed by atoms with Gasteiger partial charge in [-0.1, -0.05) is 26.8 Å². The van der Waals surface area contributed by atoms with E-state index in [4.69, 9.17) is 0 Å². The molecular weight excluding hydrogens is 152 g/mol. The Balaban J connectivity index is 3.23. The van der Waals surface area contributed by atoms with Crippen LogP contribution in [-0.4, -0.2) is 30.0 Å². The van der Waals surface area contributed by atoms with Gasteiger partial charge in [-0.2, -0.15) is 0 Å². The van der Waals surface area contributed by atoms with Gasteiger partial charge >= 0.3 is 0 Å². The van der Waals surface area contributed by atoms with Crippen LogP contribution in [-0.2, 0) is 0 Å². The Morgan fingerprint density at radius 2 is 1.91 bits per heavy atom. The van der Waals surface area contributed by atoms with E-state index in [1.165, 1.54) is 16.3 Å². The predicted octanol–water partition coefficient (Wildman–Crippen LogP) is -0.0471. The summed E-state index contributed by atoms with van der Waals surface area (Å²) in [5.41, 5.74) is 0.502. The molecule has 0 rings (SSSR count). The van der Waals surface area contributed by atoms with E-state index < -0.39 is 0 Å². The van der Waals surface area contributed by atoms with Crippen molar-refractivity contribution in [2.75, 3.05) is 19.8 Å². The topological polar surface area (TPSA) is 24.1 Å². The first-order valence-electron chi connectivity index (χ1n) is 4.54. The molecule has 0 aliphatic carbocycles. The van der Waals surface area contributed by atoms with Gasteiger partial charge in [0.2, 0.25) is 0 Å². The molecule has 0 bridgehead atoms. The Hall–Kier alpha value is 0.137. The summed E-state index contributed by atoms with van der Waals surface area (Å²) in [5.74, 6) is 0. The Labute approximate surface area is 73.6 Å². The van der Waals surface area contributed by atoms with Crippen molar-refractivity contribution >= 4 is 10.2 Å². The van der Waals surface area contributed by atoms with Crippen molar-refractivity contribution in [3.05, 3.63) is 0 Å². The lowest BCUT2D eigenvalue weighted by Gasteiger charge is -2.22. The minimum atomic E-state index is 0.502. The van der Waals surface area contributed by atoms with Crippen LogP contribution in [0, 0.1) is 5.41 Å². The molecule has 2 nitrogen and oxygen atoms in total. The summed E-state index contributed by atoms with van der Waals surface area (Å²) < 4.78 is 0. The molecule has 0 aliphatic rings. The second-order valence-corrected chi connectivity index (χ2v) is 4.43. The minimum Gasteiger partial charge on any atom is -0.305 e. The van der Waals surface area contributed by atoms with Crippen molar-refractivity contribution in [3.63, 3.8) is 0 Å². The molecule has 0 aliphatic heterocycles. The number of hydrogen-bond donors (Lipinski definition) is 2. The SMILES string of the molecule is CCNCNCC(C)(C)C[SiH3]. The van der Waals surface area contributed by atoms with Crippen molar-refractivity contribution in [2.45, 2.75) is 26.8 Å². The average Bonchev–Trinajstić information content (AvgIpc) is 1.99. The normalized spacial score (nSPS) is 12.3. The Bertz CT molecular complexity index is 94.1. The predicted molar refractivity (Wildman–Crippen MR) is 55.1 cm³/mol. The van der Waals surface area contributed by atoms with Gasteiger partial charge in [-0.05, 0) is 12.0 Å². The van der Waals surface area contributed by atoms with E-state index in [2.05, 4.69) is 31.4 Å². The van der Waals surface area contributed by atoms with Gasteiger partial charge in [0.05, 0.1) is 0 Å². The highest BCUT2D eigenvalue weighted by Crippen LogP contribution is 2.16. The maximum Gasteiger partial charge on any atom is 0.0454 e. The molecular formula is C8H22N2Si. The van der Waals surface area contributed by atoms with Gasteiger partial charge in [0, 0.05) is 23.5 Å². The number of nitrogens with one attached hydrogen (secondary N) is 2. The summed E-state index contributed by atoms with van der Waals surface area (Å²) in [6, 6.07) is 1.37.